The van der Waals surface area contributed by atoms with Gasteiger partial charge in [0, 0.05) is 0 Å². The van der Waals surface area contributed by atoms with Crippen LogP contribution in [0, 0.1) is 0 Å². The molecule has 0 fully saturated rings. The third-order valence-corrected chi connectivity index (χ3v) is 5.22. The highest BCUT2D eigenvalue weighted by Crippen LogP contribution is 2.23. The highest BCUT2D eigenvalue weighted by molar-refractivity contribution is 6.83. The third kappa shape index (κ3) is 4.36. The summed E-state index contributed by atoms with van der Waals surface area (Å²) in [6.07, 6.45) is 6.31. The van der Waals surface area contributed by atoms with Crippen LogP contribution in [0.1, 0.15) is 31.7 Å². The van der Waals surface area contributed by atoms with E-state index in [0.717, 1.165) is 0 Å². The summed E-state index contributed by atoms with van der Waals surface area (Å²) in [4.78, 5) is 0. The molecule has 0 N–H and O–H groups in total. The quantitative estimate of drug-likeness (QED) is 0.617. The molecule has 0 aliphatic rings. The smallest absolute Gasteiger partial charge is 0.0724 e. The Bertz CT molecular complexity index is 330. The van der Waals surface area contributed by atoms with Crippen molar-refractivity contribution in [2.24, 2.45) is 0 Å². The van der Waals surface area contributed by atoms with Crippen molar-refractivity contribution in [3.8, 4) is 0 Å². The summed E-state index contributed by atoms with van der Waals surface area (Å²) in [6, 6.07) is 10.7. The summed E-state index contributed by atoms with van der Waals surface area (Å²) in [7, 11) is -1.15. The maximum absolute atomic E-state index is 2.44. The van der Waals surface area contributed by atoms with Gasteiger partial charge in [0.1, 0.15) is 0 Å². The van der Waals surface area contributed by atoms with Gasteiger partial charge in [0.05, 0.1) is 8.07 Å². The highest BCUT2D eigenvalue weighted by atomic mass is 28.3. The zero-order valence-corrected chi connectivity index (χ0v) is 12.1. The number of unbranched alkanes of at least 4 members (excludes halogenated alkanes) is 1. The molecule has 0 saturated carbocycles. The molecule has 0 radical (unpaired) electrons. The first-order chi connectivity index (χ1) is 7.54. The van der Waals surface area contributed by atoms with Crippen molar-refractivity contribution in [2.75, 3.05) is 0 Å². The molecule has 1 aromatic rings. The van der Waals surface area contributed by atoms with Gasteiger partial charge in [-0.1, -0.05) is 81.0 Å². The topological polar surface area (TPSA) is 0 Å². The molecule has 1 aromatic carbocycles. The number of allylic oxidation sites excluding steroid dienone is 1. The van der Waals surface area contributed by atoms with E-state index in [1.165, 1.54) is 24.8 Å². The monoisotopic (exact) mass is 232 g/mol. The Morgan fingerprint density at radius 1 is 1.12 bits per heavy atom. The number of hydrogen-bond acceptors (Lipinski definition) is 0. The van der Waals surface area contributed by atoms with Crippen molar-refractivity contribution >= 4 is 14.1 Å². The van der Waals surface area contributed by atoms with Crippen LogP contribution < -0.4 is 0 Å². The standard InChI is InChI=1S/C15H24Si/c1-5-6-12-15(16(2,3)4)13-14-10-8-7-9-11-14/h7-11,13H,5-6,12H2,1-4H3/b15-13+. The lowest BCUT2D eigenvalue weighted by molar-refractivity contribution is 0.805. The van der Waals surface area contributed by atoms with Crippen molar-refractivity contribution in [3.63, 3.8) is 0 Å². The van der Waals surface area contributed by atoms with Crippen molar-refractivity contribution in [3.05, 3.63) is 41.1 Å². The number of hydrogen-bond donors (Lipinski definition) is 0. The first-order valence-corrected chi connectivity index (χ1v) is 9.80. The largest absolute Gasteiger partial charge is 0.0805 e. The van der Waals surface area contributed by atoms with Gasteiger partial charge in [0.2, 0.25) is 0 Å². The molecule has 1 heteroatoms. The highest BCUT2D eigenvalue weighted by Gasteiger charge is 2.18. The van der Waals surface area contributed by atoms with E-state index in [0.29, 0.717) is 0 Å². The van der Waals surface area contributed by atoms with E-state index >= 15 is 0 Å². The third-order valence-electron chi connectivity index (χ3n) is 2.90. The fourth-order valence-corrected chi connectivity index (χ4v) is 3.31. The zero-order valence-electron chi connectivity index (χ0n) is 11.1. The second kappa shape index (κ2) is 6.05. The minimum absolute atomic E-state index is 1.15. The van der Waals surface area contributed by atoms with E-state index in [4.69, 9.17) is 0 Å². The summed E-state index contributed by atoms with van der Waals surface area (Å²) in [5.74, 6) is 0. The number of benzene rings is 1. The minimum Gasteiger partial charge on any atom is -0.0805 e. The molecule has 16 heavy (non-hydrogen) atoms. The zero-order chi connectivity index (χ0) is 12.0. The van der Waals surface area contributed by atoms with Gasteiger partial charge in [-0.2, -0.15) is 0 Å². The van der Waals surface area contributed by atoms with Crippen molar-refractivity contribution in [1.82, 2.24) is 0 Å². The summed E-state index contributed by atoms with van der Waals surface area (Å²) in [5, 5.41) is 1.69. The van der Waals surface area contributed by atoms with Crippen molar-refractivity contribution < 1.29 is 0 Å². The summed E-state index contributed by atoms with van der Waals surface area (Å²) in [6.45, 7) is 9.59. The maximum Gasteiger partial charge on any atom is 0.0724 e. The summed E-state index contributed by atoms with van der Waals surface area (Å²) in [5.41, 5.74) is 1.36. The first-order valence-electron chi connectivity index (χ1n) is 6.30. The van der Waals surface area contributed by atoms with Gasteiger partial charge in [-0.15, -0.1) is 0 Å². The summed E-state index contributed by atoms with van der Waals surface area (Å²) < 4.78 is 0. The molecular formula is C15H24Si. The second-order valence-electron chi connectivity index (χ2n) is 5.43. The lowest BCUT2D eigenvalue weighted by Gasteiger charge is -2.21. The van der Waals surface area contributed by atoms with E-state index in [9.17, 15) is 0 Å². The van der Waals surface area contributed by atoms with Crippen LogP contribution in [0.15, 0.2) is 35.5 Å². The van der Waals surface area contributed by atoms with Crippen LogP contribution >= 0.6 is 0 Å². The van der Waals surface area contributed by atoms with Crippen LogP contribution in [0.5, 0.6) is 0 Å². The number of rotatable bonds is 5. The van der Waals surface area contributed by atoms with Gasteiger partial charge in [-0.05, 0) is 12.0 Å². The van der Waals surface area contributed by atoms with Gasteiger partial charge in [0.25, 0.3) is 0 Å². The van der Waals surface area contributed by atoms with Crippen LogP contribution in [0.4, 0.5) is 0 Å². The van der Waals surface area contributed by atoms with E-state index < -0.39 is 8.07 Å². The van der Waals surface area contributed by atoms with Gasteiger partial charge < -0.3 is 0 Å². The van der Waals surface area contributed by atoms with E-state index in [1.54, 1.807) is 5.20 Å². The van der Waals surface area contributed by atoms with Gasteiger partial charge in [-0.3, -0.25) is 0 Å². The second-order valence-corrected chi connectivity index (χ2v) is 10.6. The van der Waals surface area contributed by atoms with E-state index in [-0.39, 0.29) is 0 Å². The predicted molar refractivity (Wildman–Crippen MR) is 77.3 cm³/mol. The molecule has 0 bridgehead atoms. The Labute approximate surface area is 101 Å². The van der Waals surface area contributed by atoms with Crippen molar-refractivity contribution in [1.29, 1.82) is 0 Å². The molecule has 0 heterocycles. The minimum atomic E-state index is -1.15. The van der Waals surface area contributed by atoms with E-state index in [1.807, 2.05) is 0 Å². The average molecular weight is 232 g/mol. The molecule has 0 saturated heterocycles. The van der Waals surface area contributed by atoms with Crippen LogP contribution in [-0.2, 0) is 0 Å². The maximum atomic E-state index is 2.44. The molecule has 0 spiro atoms. The van der Waals surface area contributed by atoms with Crippen LogP contribution in [-0.4, -0.2) is 8.07 Å². The molecule has 0 atom stereocenters. The molecule has 88 valence electrons. The van der Waals surface area contributed by atoms with Gasteiger partial charge >= 0.3 is 0 Å². The van der Waals surface area contributed by atoms with Crippen LogP contribution in [0.25, 0.3) is 6.08 Å². The van der Waals surface area contributed by atoms with E-state index in [2.05, 4.69) is 63.0 Å². The van der Waals surface area contributed by atoms with Crippen molar-refractivity contribution in [2.45, 2.75) is 45.8 Å². The Hall–Kier alpha value is -0.823. The lowest BCUT2D eigenvalue weighted by Crippen LogP contribution is -2.23. The fraction of sp³-hybridized carbons (Fsp3) is 0.467. The molecule has 0 nitrogen and oxygen atoms in total. The normalized spacial score (nSPS) is 12.9. The Balaban J connectivity index is 2.88. The first kappa shape index (κ1) is 13.2. The molecule has 0 aliphatic carbocycles. The fourth-order valence-electron chi connectivity index (χ4n) is 1.78. The lowest BCUT2D eigenvalue weighted by atomic mass is 10.1. The predicted octanol–water partition coefficient (Wildman–Crippen LogP) is 5.14. The molecule has 0 unspecified atom stereocenters. The SMILES string of the molecule is CCCC/C(=C\c1ccccc1)[Si](C)(C)C. The molecule has 0 aromatic heterocycles. The molecule has 0 aliphatic heterocycles. The summed E-state index contributed by atoms with van der Waals surface area (Å²) >= 11 is 0. The van der Waals surface area contributed by atoms with Gasteiger partial charge in [0.15, 0.2) is 0 Å². The van der Waals surface area contributed by atoms with Crippen LogP contribution in [0.3, 0.4) is 0 Å². The molecule has 0 amide bonds. The Kier molecular flexibility index (Phi) is 5.00. The molecule has 1 rings (SSSR count). The van der Waals surface area contributed by atoms with Crippen LogP contribution in [0.2, 0.25) is 19.6 Å². The van der Waals surface area contributed by atoms with Gasteiger partial charge in [-0.25, -0.2) is 0 Å². The average Bonchev–Trinajstić information content (AvgIpc) is 2.24. The Morgan fingerprint density at radius 2 is 1.75 bits per heavy atom. The molecular weight excluding hydrogens is 208 g/mol. The Morgan fingerprint density at radius 3 is 2.25 bits per heavy atom.